The largest absolute Gasteiger partial charge is 0.393 e. The Kier molecular flexibility index (Phi) is 20.3. The molecule has 0 aliphatic heterocycles. The van der Waals surface area contributed by atoms with Crippen molar-refractivity contribution in [2.75, 3.05) is 129 Å². The quantitative estimate of drug-likeness (QED) is 0.0960. The van der Waals surface area contributed by atoms with Crippen LogP contribution in [0.2, 0.25) is 0 Å². The first-order valence-corrected chi connectivity index (χ1v) is 15.3. The number of rotatable bonds is 26. The van der Waals surface area contributed by atoms with E-state index in [0.717, 1.165) is 6.42 Å². The minimum absolute atomic E-state index is 0.113. The van der Waals surface area contributed by atoms with Gasteiger partial charge in [0.15, 0.2) is 0 Å². The molecular weight excluding hydrogens is 546 g/mol. The summed E-state index contributed by atoms with van der Waals surface area (Å²) in [6.45, 7) is 6.66. The van der Waals surface area contributed by atoms with Gasteiger partial charge in [-0.3, -0.25) is 0 Å². The third-order valence-electron chi connectivity index (χ3n) is 6.12. The fourth-order valence-electron chi connectivity index (χ4n) is 4.48. The Morgan fingerprint density at radius 1 is 0.476 bits per heavy atom. The molecule has 0 saturated carbocycles. The van der Waals surface area contributed by atoms with Gasteiger partial charge in [0, 0.05) is 0 Å². The zero-order valence-electron chi connectivity index (χ0n) is 28.7. The monoisotopic (exact) mass is 614 g/mol. The summed E-state index contributed by atoms with van der Waals surface area (Å²) in [6.07, 6.45) is -2.11. The van der Waals surface area contributed by atoms with Crippen LogP contribution in [0, 0.1) is 0 Å². The first kappa shape index (κ1) is 41.5. The minimum Gasteiger partial charge on any atom is -0.393 e. The summed E-state index contributed by atoms with van der Waals surface area (Å²) in [5.74, 6) is 0. The van der Waals surface area contributed by atoms with Crippen molar-refractivity contribution in [2.24, 2.45) is 0 Å². The van der Waals surface area contributed by atoms with Gasteiger partial charge in [-0.05, 0) is 19.8 Å². The maximum Gasteiger partial charge on any atom is 0.126 e. The molecule has 4 N–H and O–H groups in total. The van der Waals surface area contributed by atoms with Crippen LogP contribution in [0.5, 0.6) is 0 Å². The van der Waals surface area contributed by atoms with Gasteiger partial charge in [0.25, 0.3) is 0 Å². The summed E-state index contributed by atoms with van der Waals surface area (Å²) in [7, 11) is 18.1. The number of aliphatic hydroxyl groups excluding tert-OH is 4. The molecule has 0 saturated heterocycles. The summed E-state index contributed by atoms with van der Waals surface area (Å²) in [5, 5.41) is 41.0. The average molecular weight is 615 g/mol. The van der Waals surface area contributed by atoms with E-state index in [9.17, 15) is 20.4 Å². The SMILES string of the molecule is CCC(CC(C)O)OCC(COCC(COCC(O)C[N+](C)(C)C)OCC(O)C[N+](C)(C)C)OCC(O)C[N+](C)(C)C. The van der Waals surface area contributed by atoms with Crippen LogP contribution < -0.4 is 0 Å². The molecule has 0 aromatic carbocycles. The van der Waals surface area contributed by atoms with Crippen molar-refractivity contribution in [3.05, 3.63) is 0 Å². The Morgan fingerprint density at radius 2 is 0.810 bits per heavy atom. The van der Waals surface area contributed by atoms with Crippen LogP contribution in [-0.2, 0) is 23.7 Å². The molecule has 0 bridgehead atoms. The zero-order chi connectivity index (χ0) is 32.6. The molecule has 0 spiro atoms. The van der Waals surface area contributed by atoms with Gasteiger partial charge in [0.2, 0.25) is 0 Å². The molecule has 12 heteroatoms. The molecule has 0 radical (unpaired) electrons. The first-order chi connectivity index (χ1) is 19.2. The highest BCUT2D eigenvalue weighted by Gasteiger charge is 2.23. The maximum atomic E-state index is 10.5. The highest BCUT2D eigenvalue weighted by Crippen LogP contribution is 2.10. The number of aliphatic hydroxyl groups is 4. The van der Waals surface area contributed by atoms with Gasteiger partial charge in [-0.2, -0.15) is 0 Å². The minimum atomic E-state index is -0.650. The lowest BCUT2D eigenvalue weighted by molar-refractivity contribution is -0.873. The normalized spacial score (nSPS) is 18.4. The second kappa shape index (κ2) is 20.5. The van der Waals surface area contributed by atoms with Crippen molar-refractivity contribution in [3.8, 4) is 0 Å². The van der Waals surface area contributed by atoms with Gasteiger partial charge in [-0.15, -0.1) is 0 Å². The molecule has 0 heterocycles. The lowest BCUT2D eigenvalue weighted by Crippen LogP contribution is -2.44. The molecule has 0 fully saturated rings. The molecule has 254 valence electrons. The Hall–Kier alpha value is -0.480. The molecule has 7 unspecified atom stereocenters. The van der Waals surface area contributed by atoms with Crippen LogP contribution in [0.3, 0.4) is 0 Å². The molecule has 0 aliphatic carbocycles. The average Bonchev–Trinajstić information content (AvgIpc) is 2.78. The fraction of sp³-hybridized carbons (Fsp3) is 1.00. The van der Waals surface area contributed by atoms with E-state index in [-0.39, 0.29) is 52.4 Å². The smallest absolute Gasteiger partial charge is 0.126 e. The Labute approximate surface area is 256 Å². The van der Waals surface area contributed by atoms with E-state index in [2.05, 4.69) is 0 Å². The fourth-order valence-corrected chi connectivity index (χ4v) is 4.48. The summed E-state index contributed by atoms with van der Waals surface area (Å²) >= 11 is 0. The lowest BCUT2D eigenvalue weighted by atomic mass is 10.1. The van der Waals surface area contributed by atoms with Crippen LogP contribution in [-0.4, -0.2) is 206 Å². The van der Waals surface area contributed by atoms with E-state index in [1.165, 1.54) is 0 Å². The predicted molar refractivity (Wildman–Crippen MR) is 164 cm³/mol. The standard InChI is InChI=1S/C30H68N3O9/c1-12-28(13-24(2)34)42-23-30(41-19-27(37)16-33(9,10)11)22-39-21-29(40-18-26(36)15-32(6,7)8)20-38-17-25(35)14-31(3,4)5/h24-30,34-37H,12-23H2,1-11H3/q+3. The number of nitrogens with zero attached hydrogens (tertiary/aromatic N) is 3. The summed E-state index contributed by atoms with van der Waals surface area (Å²) in [4.78, 5) is 0. The Morgan fingerprint density at radius 3 is 1.17 bits per heavy atom. The molecule has 12 nitrogen and oxygen atoms in total. The summed E-state index contributed by atoms with van der Waals surface area (Å²) in [6, 6.07) is 0. The highest BCUT2D eigenvalue weighted by atomic mass is 16.6. The number of likely N-dealkylation sites (N-methyl/N-ethyl adjacent to an activating group) is 3. The number of hydrogen-bond acceptors (Lipinski definition) is 9. The number of quaternary nitrogens is 3. The van der Waals surface area contributed by atoms with Crippen LogP contribution in [0.25, 0.3) is 0 Å². The van der Waals surface area contributed by atoms with Crippen molar-refractivity contribution in [2.45, 2.75) is 69.4 Å². The van der Waals surface area contributed by atoms with Crippen LogP contribution in [0.15, 0.2) is 0 Å². The van der Waals surface area contributed by atoms with Gasteiger partial charge >= 0.3 is 0 Å². The molecule has 0 rings (SSSR count). The summed E-state index contributed by atoms with van der Waals surface area (Å²) in [5.41, 5.74) is 0. The van der Waals surface area contributed by atoms with Crippen molar-refractivity contribution in [3.63, 3.8) is 0 Å². The summed E-state index contributed by atoms with van der Waals surface area (Å²) < 4.78 is 31.7. The molecule has 0 aromatic heterocycles. The van der Waals surface area contributed by atoms with Crippen LogP contribution in [0.4, 0.5) is 0 Å². The topological polar surface area (TPSA) is 127 Å². The molecule has 0 aromatic rings. The van der Waals surface area contributed by atoms with Crippen molar-refractivity contribution < 1.29 is 57.6 Å². The third-order valence-corrected chi connectivity index (χ3v) is 6.12. The van der Waals surface area contributed by atoms with Gasteiger partial charge in [0.05, 0.1) is 122 Å². The van der Waals surface area contributed by atoms with E-state index in [0.29, 0.717) is 39.5 Å². The predicted octanol–water partition coefficient (Wildman–Crippen LogP) is -0.443. The van der Waals surface area contributed by atoms with Crippen molar-refractivity contribution in [1.29, 1.82) is 0 Å². The zero-order valence-corrected chi connectivity index (χ0v) is 28.7. The van der Waals surface area contributed by atoms with E-state index in [1.807, 2.05) is 70.4 Å². The number of ether oxygens (including phenoxy) is 5. The second-order valence-electron chi connectivity index (χ2n) is 14.8. The highest BCUT2D eigenvalue weighted by molar-refractivity contribution is 4.66. The molecular formula is C30H68N3O9+3. The van der Waals surface area contributed by atoms with Crippen molar-refractivity contribution in [1.82, 2.24) is 0 Å². The van der Waals surface area contributed by atoms with E-state index < -0.39 is 36.6 Å². The third kappa shape index (κ3) is 26.0. The first-order valence-electron chi connectivity index (χ1n) is 15.3. The van der Waals surface area contributed by atoms with Gasteiger partial charge in [-0.25, -0.2) is 0 Å². The van der Waals surface area contributed by atoms with Gasteiger partial charge in [0.1, 0.15) is 50.2 Å². The lowest BCUT2D eigenvalue weighted by Gasteiger charge is -2.29. The van der Waals surface area contributed by atoms with Crippen LogP contribution >= 0.6 is 0 Å². The van der Waals surface area contributed by atoms with Gasteiger partial charge in [-0.1, -0.05) is 6.92 Å². The molecule has 7 atom stereocenters. The van der Waals surface area contributed by atoms with Crippen LogP contribution in [0.1, 0.15) is 26.7 Å². The molecule has 42 heavy (non-hydrogen) atoms. The Bertz CT molecular complexity index is 666. The van der Waals surface area contributed by atoms with Crippen molar-refractivity contribution >= 4 is 0 Å². The van der Waals surface area contributed by atoms with Gasteiger partial charge < -0.3 is 57.6 Å². The van der Waals surface area contributed by atoms with E-state index >= 15 is 0 Å². The van der Waals surface area contributed by atoms with E-state index in [1.54, 1.807) is 6.92 Å². The maximum absolute atomic E-state index is 10.5. The Balaban J connectivity index is 5.20. The van der Waals surface area contributed by atoms with E-state index in [4.69, 9.17) is 23.7 Å². The second-order valence-corrected chi connectivity index (χ2v) is 14.8. The molecule has 0 amide bonds. The number of hydrogen-bond donors (Lipinski definition) is 4. The molecule has 0 aliphatic rings.